The largest absolute Gasteiger partial charge is 0.497 e. The molecule has 2 bridgehead atoms. The number of nitrogens with one attached hydrogen (secondary N) is 2. The van der Waals surface area contributed by atoms with Gasteiger partial charge in [-0.3, -0.25) is 15.1 Å². The number of amides is 1. The van der Waals surface area contributed by atoms with Gasteiger partial charge in [-0.05, 0) is 43.5 Å². The van der Waals surface area contributed by atoms with Gasteiger partial charge in [0.05, 0.1) is 31.8 Å². The van der Waals surface area contributed by atoms with E-state index in [9.17, 15) is 4.79 Å². The molecule has 2 heterocycles. The molecule has 1 saturated heterocycles. The van der Waals surface area contributed by atoms with Gasteiger partial charge in [-0.2, -0.15) is 0 Å². The molecule has 28 heavy (non-hydrogen) atoms. The summed E-state index contributed by atoms with van der Waals surface area (Å²) in [6.07, 6.45) is 5.94. The molecule has 0 spiro atoms. The third-order valence-corrected chi connectivity index (χ3v) is 7.08. The molecule has 2 fully saturated rings. The van der Waals surface area contributed by atoms with Gasteiger partial charge in [-0.15, -0.1) is 11.8 Å². The summed E-state index contributed by atoms with van der Waals surface area (Å²) in [5.41, 5.74) is 2.62. The Morgan fingerprint density at radius 1 is 1.32 bits per heavy atom. The van der Waals surface area contributed by atoms with Crippen molar-refractivity contribution in [3.63, 3.8) is 0 Å². The number of ether oxygens (including phenoxy) is 2. The van der Waals surface area contributed by atoms with Crippen molar-refractivity contribution in [3.05, 3.63) is 29.8 Å². The van der Waals surface area contributed by atoms with E-state index in [4.69, 9.17) is 9.47 Å². The zero-order valence-corrected chi connectivity index (χ0v) is 17.1. The minimum atomic E-state index is -0.146. The predicted molar refractivity (Wildman–Crippen MR) is 112 cm³/mol. The molecule has 152 valence electrons. The number of hydrogen-bond acceptors (Lipinski definition) is 6. The van der Waals surface area contributed by atoms with Crippen LogP contribution >= 0.6 is 11.8 Å². The highest BCUT2D eigenvalue weighted by Crippen LogP contribution is 2.37. The number of benzene rings is 1. The Morgan fingerprint density at radius 2 is 2.14 bits per heavy atom. The standard InChI is InChI=1S/C21H29N3O3S/c1-26-16-8-6-14(7-9-16)21(25)23-12-20-24-15-4-2-3-5-18(27-20)17(10-15)19-11-22-13-28-19/h6-9,13,15,17-20,24H,2-5,10-12H2,1H3,(H,23,25). The maximum atomic E-state index is 12.5. The fourth-order valence-electron chi connectivity index (χ4n) is 4.46. The van der Waals surface area contributed by atoms with Gasteiger partial charge in [0.1, 0.15) is 12.0 Å². The average molecular weight is 404 g/mol. The normalized spacial score (nSPS) is 32.4. The third-order valence-electron chi connectivity index (χ3n) is 5.96. The van der Waals surface area contributed by atoms with Crippen molar-refractivity contribution < 1.29 is 14.3 Å². The number of aliphatic imine (C=N–C) groups is 1. The number of carbonyl (C=O) groups is 1. The molecule has 5 unspecified atom stereocenters. The van der Waals surface area contributed by atoms with E-state index in [2.05, 4.69) is 15.6 Å². The van der Waals surface area contributed by atoms with Crippen LogP contribution in [-0.4, -0.2) is 55.3 Å². The summed E-state index contributed by atoms with van der Waals surface area (Å²) in [5.74, 6) is 1.18. The molecule has 4 rings (SSSR count). The summed E-state index contributed by atoms with van der Waals surface area (Å²) < 4.78 is 11.6. The molecule has 2 aliphatic heterocycles. The lowest BCUT2D eigenvalue weighted by molar-refractivity contribution is -0.0440. The van der Waals surface area contributed by atoms with Gasteiger partial charge in [-0.1, -0.05) is 12.8 Å². The minimum Gasteiger partial charge on any atom is -0.497 e. The summed E-state index contributed by atoms with van der Waals surface area (Å²) in [7, 11) is 1.62. The number of thioether (sulfide) groups is 1. The van der Waals surface area contributed by atoms with Crippen molar-refractivity contribution >= 4 is 23.2 Å². The van der Waals surface area contributed by atoms with Crippen molar-refractivity contribution in [2.24, 2.45) is 10.9 Å². The van der Waals surface area contributed by atoms with E-state index in [-0.39, 0.29) is 18.2 Å². The molecule has 2 N–H and O–H groups in total. The van der Waals surface area contributed by atoms with Crippen LogP contribution < -0.4 is 15.4 Å². The molecule has 1 saturated carbocycles. The Balaban J connectivity index is 1.38. The van der Waals surface area contributed by atoms with E-state index in [1.54, 1.807) is 31.4 Å². The van der Waals surface area contributed by atoms with Crippen LogP contribution in [0, 0.1) is 5.92 Å². The maximum Gasteiger partial charge on any atom is 0.251 e. The van der Waals surface area contributed by atoms with Crippen molar-refractivity contribution in [1.29, 1.82) is 0 Å². The van der Waals surface area contributed by atoms with Crippen LogP contribution in [0.25, 0.3) is 0 Å². The quantitative estimate of drug-likeness (QED) is 0.791. The second kappa shape index (κ2) is 9.29. The Labute approximate surface area is 170 Å². The first-order valence-electron chi connectivity index (χ1n) is 10.2. The zero-order valence-electron chi connectivity index (χ0n) is 16.3. The van der Waals surface area contributed by atoms with E-state index >= 15 is 0 Å². The van der Waals surface area contributed by atoms with Crippen LogP contribution in [0.15, 0.2) is 29.3 Å². The summed E-state index contributed by atoms with van der Waals surface area (Å²) in [6.45, 7) is 1.37. The van der Waals surface area contributed by atoms with Gasteiger partial charge in [0.2, 0.25) is 0 Å². The molecule has 1 aromatic carbocycles. The Hall–Kier alpha value is -1.57. The molecule has 3 aliphatic rings. The SMILES string of the molecule is COc1ccc(C(=O)NCC2NC3CCCCC(O2)C(C2CN=CS2)C3)cc1. The van der Waals surface area contributed by atoms with Crippen LogP contribution in [0.2, 0.25) is 0 Å². The topological polar surface area (TPSA) is 72.0 Å². The van der Waals surface area contributed by atoms with Crippen molar-refractivity contribution in [2.45, 2.75) is 55.7 Å². The van der Waals surface area contributed by atoms with Gasteiger partial charge < -0.3 is 14.8 Å². The fourth-order valence-corrected chi connectivity index (χ4v) is 5.45. The first kappa shape index (κ1) is 19.7. The third kappa shape index (κ3) is 4.70. The number of methoxy groups -OCH3 is 1. The molecule has 0 radical (unpaired) electrons. The number of rotatable bonds is 5. The lowest BCUT2D eigenvalue weighted by Crippen LogP contribution is -2.46. The van der Waals surface area contributed by atoms with E-state index in [0.29, 0.717) is 29.3 Å². The van der Waals surface area contributed by atoms with Crippen molar-refractivity contribution in [1.82, 2.24) is 10.6 Å². The summed E-state index contributed by atoms with van der Waals surface area (Å²) in [4.78, 5) is 16.9. The van der Waals surface area contributed by atoms with Crippen LogP contribution in [0.4, 0.5) is 0 Å². The Bertz CT molecular complexity index is 689. The van der Waals surface area contributed by atoms with Crippen LogP contribution in [0.1, 0.15) is 42.5 Å². The monoisotopic (exact) mass is 403 g/mol. The lowest BCUT2D eigenvalue weighted by Gasteiger charge is -2.32. The molecular formula is C21H29N3O3S. The van der Waals surface area contributed by atoms with Gasteiger partial charge in [0, 0.05) is 22.8 Å². The number of carbonyl (C=O) groups excluding carboxylic acids is 1. The van der Waals surface area contributed by atoms with Gasteiger partial charge in [0.25, 0.3) is 5.91 Å². The molecule has 0 aromatic heterocycles. The number of fused-ring (bicyclic) bond motifs is 3. The van der Waals surface area contributed by atoms with Gasteiger partial charge in [0.15, 0.2) is 0 Å². The minimum absolute atomic E-state index is 0.0865. The van der Waals surface area contributed by atoms with E-state index in [1.807, 2.05) is 17.3 Å². The second-order valence-corrected chi connectivity index (χ2v) is 8.88. The number of hydrogen-bond donors (Lipinski definition) is 2. The van der Waals surface area contributed by atoms with E-state index in [0.717, 1.165) is 25.1 Å². The van der Waals surface area contributed by atoms with E-state index < -0.39 is 0 Å². The Morgan fingerprint density at radius 3 is 2.89 bits per heavy atom. The highest BCUT2D eigenvalue weighted by molar-refractivity contribution is 8.12. The van der Waals surface area contributed by atoms with Crippen molar-refractivity contribution in [2.75, 3.05) is 20.2 Å². The second-order valence-electron chi connectivity index (χ2n) is 7.79. The Kier molecular flexibility index (Phi) is 6.54. The highest BCUT2D eigenvalue weighted by Gasteiger charge is 2.39. The van der Waals surface area contributed by atoms with Crippen LogP contribution in [0.5, 0.6) is 5.75 Å². The zero-order chi connectivity index (χ0) is 19.3. The molecule has 1 aliphatic carbocycles. The van der Waals surface area contributed by atoms with Gasteiger partial charge >= 0.3 is 0 Å². The lowest BCUT2D eigenvalue weighted by atomic mass is 9.84. The first-order valence-corrected chi connectivity index (χ1v) is 11.1. The first-order chi connectivity index (χ1) is 13.7. The maximum absolute atomic E-state index is 12.5. The predicted octanol–water partition coefficient (Wildman–Crippen LogP) is 2.83. The molecule has 5 atom stereocenters. The van der Waals surface area contributed by atoms with Crippen molar-refractivity contribution in [3.8, 4) is 5.75 Å². The molecule has 7 heteroatoms. The molecule has 6 nitrogen and oxygen atoms in total. The molecular weight excluding hydrogens is 374 g/mol. The summed E-state index contributed by atoms with van der Waals surface area (Å²) in [6, 6.07) is 7.61. The average Bonchev–Trinajstić information content (AvgIpc) is 3.21. The number of nitrogens with zero attached hydrogens (tertiary/aromatic N) is 1. The fraction of sp³-hybridized carbons (Fsp3) is 0.619. The van der Waals surface area contributed by atoms with Gasteiger partial charge in [-0.25, -0.2) is 0 Å². The van der Waals surface area contributed by atoms with Crippen LogP contribution in [-0.2, 0) is 4.74 Å². The van der Waals surface area contributed by atoms with E-state index in [1.165, 1.54) is 19.3 Å². The molecule has 1 amide bonds. The highest BCUT2D eigenvalue weighted by atomic mass is 32.2. The summed E-state index contributed by atoms with van der Waals surface area (Å²) in [5, 5.41) is 7.22. The van der Waals surface area contributed by atoms with Crippen LogP contribution in [0.3, 0.4) is 0 Å². The smallest absolute Gasteiger partial charge is 0.251 e. The molecule has 1 aromatic rings. The summed E-state index contributed by atoms with van der Waals surface area (Å²) >= 11 is 1.85.